The zero-order valence-corrected chi connectivity index (χ0v) is 15.0. The van der Waals surface area contributed by atoms with Crippen molar-refractivity contribution in [3.05, 3.63) is 28.5 Å². The number of halogens is 6. The van der Waals surface area contributed by atoms with Crippen molar-refractivity contribution < 1.29 is 13.2 Å². The SMILES string of the molecule is Cl.Cl.FC(F)(F)CC[C@H](c1ccnc(Br)c1)N1CCNCC1. The van der Waals surface area contributed by atoms with Gasteiger partial charge in [0.05, 0.1) is 0 Å². The molecule has 1 fully saturated rings. The number of pyridine rings is 1. The summed E-state index contributed by atoms with van der Waals surface area (Å²) in [5.41, 5.74) is 0.887. The van der Waals surface area contributed by atoms with Crippen LogP contribution in [0.3, 0.4) is 0 Å². The van der Waals surface area contributed by atoms with Crippen LogP contribution in [0.25, 0.3) is 0 Å². The molecule has 0 spiro atoms. The Balaban J connectivity index is 0.00000220. The molecular weight excluding hydrogens is 406 g/mol. The van der Waals surface area contributed by atoms with E-state index in [2.05, 4.69) is 31.1 Å². The molecule has 0 saturated carbocycles. The highest BCUT2D eigenvalue weighted by molar-refractivity contribution is 9.10. The van der Waals surface area contributed by atoms with E-state index in [0.717, 1.165) is 31.7 Å². The van der Waals surface area contributed by atoms with Gasteiger partial charge in [-0.05, 0) is 40.0 Å². The van der Waals surface area contributed by atoms with E-state index in [-0.39, 0.29) is 37.3 Å². The number of hydrogen-bond acceptors (Lipinski definition) is 3. The highest BCUT2D eigenvalue weighted by Gasteiger charge is 2.31. The molecule has 1 aliphatic rings. The zero-order chi connectivity index (χ0) is 14.6. The van der Waals surface area contributed by atoms with Crippen LogP contribution in [0.2, 0.25) is 0 Å². The number of nitrogens with one attached hydrogen (secondary N) is 1. The smallest absolute Gasteiger partial charge is 0.314 e. The van der Waals surface area contributed by atoms with Crippen LogP contribution in [0.4, 0.5) is 13.2 Å². The van der Waals surface area contributed by atoms with Gasteiger partial charge in [-0.1, -0.05) is 0 Å². The molecule has 2 rings (SSSR count). The third kappa shape index (κ3) is 7.00. The monoisotopic (exact) mass is 423 g/mol. The van der Waals surface area contributed by atoms with Gasteiger partial charge in [0.25, 0.3) is 0 Å². The maximum Gasteiger partial charge on any atom is 0.389 e. The van der Waals surface area contributed by atoms with Crippen LogP contribution < -0.4 is 5.32 Å². The maximum absolute atomic E-state index is 12.5. The van der Waals surface area contributed by atoms with Crippen molar-refractivity contribution in [3.63, 3.8) is 0 Å². The molecule has 1 aromatic heterocycles. The van der Waals surface area contributed by atoms with E-state index in [9.17, 15) is 13.2 Å². The van der Waals surface area contributed by atoms with Crippen LogP contribution in [-0.2, 0) is 0 Å². The van der Waals surface area contributed by atoms with Gasteiger partial charge in [-0.3, -0.25) is 4.90 Å². The summed E-state index contributed by atoms with van der Waals surface area (Å²) in [5, 5.41) is 3.22. The minimum absolute atomic E-state index is 0. The summed E-state index contributed by atoms with van der Waals surface area (Å²) in [5.74, 6) is 0. The molecule has 1 atom stereocenters. The highest BCUT2D eigenvalue weighted by atomic mass is 79.9. The van der Waals surface area contributed by atoms with E-state index < -0.39 is 12.6 Å². The Labute approximate surface area is 149 Å². The molecule has 0 unspecified atom stereocenters. The van der Waals surface area contributed by atoms with Crippen molar-refractivity contribution in [2.75, 3.05) is 26.2 Å². The summed E-state index contributed by atoms with van der Waals surface area (Å²) in [6.45, 7) is 3.16. The highest BCUT2D eigenvalue weighted by Crippen LogP contribution is 2.32. The molecule has 0 radical (unpaired) electrons. The number of hydrogen-bond donors (Lipinski definition) is 1. The van der Waals surface area contributed by atoms with Gasteiger partial charge in [-0.2, -0.15) is 13.2 Å². The summed E-state index contributed by atoms with van der Waals surface area (Å²) < 4.78 is 38.2. The zero-order valence-electron chi connectivity index (χ0n) is 11.8. The number of rotatable bonds is 4. The van der Waals surface area contributed by atoms with Crippen molar-refractivity contribution in [3.8, 4) is 0 Å². The molecule has 0 amide bonds. The lowest BCUT2D eigenvalue weighted by Crippen LogP contribution is -2.45. The fraction of sp³-hybridized carbons (Fsp3) is 0.615. The summed E-state index contributed by atoms with van der Waals surface area (Å²) >= 11 is 3.28. The minimum Gasteiger partial charge on any atom is -0.314 e. The number of piperazine rings is 1. The minimum atomic E-state index is -4.11. The Morgan fingerprint density at radius 2 is 1.91 bits per heavy atom. The molecule has 22 heavy (non-hydrogen) atoms. The van der Waals surface area contributed by atoms with Gasteiger partial charge < -0.3 is 5.32 Å². The molecule has 2 heterocycles. The first kappa shape index (κ1) is 21.9. The second-order valence-corrected chi connectivity index (χ2v) is 5.68. The fourth-order valence-electron chi connectivity index (χ4n) is 2.48. The van der Waals surface area contributed by atoms with Crippen molar-refractivity contribution in [2.45, 2.75) is 25.1 Å². The lowest BCUT2D eigenvalue weighted by molar-refractivity contribution is -0.138. The summed E-state index contributed by atoms with van der Waals surface area (Å²) in [6.07, 6.45) is -3.17. The van der Waals surface area contributed by atoms with Crippen molar-refractivity contribution in [2.24, 2.45) is 0 Å². The molecule has 3 nitrogen and oxygen atoms in total. The average molecular weight is 425 g/mol. The van der Waals surface area contributed by atoms with Crippen molar-refractivity contribution in [1.82, 2.24) is 15.2 Å². The van der Waals surface area contributed by atoms with Gasteiger partial charge in [0.2, 0.25) is 0 Å². The topological polar surface area (TPSA) is 28.2 Å². The van der Waals surface area contributed by atoms with Gasteiger partial charge in [0, 0.05) is 44.8 Å². The molecule has 0 aromatic carbocycles. The van der Waals surface area contributed by atoms with Gasteiger partial charge in [-0.15, -0.1) is 24.8 Å². The number of nitrogens with zero attached hydrogens (tertiary/aromatic N) is 2. The number of aromatic nitrogens is 1. The Bertz CT molecular complexity index is 443. The normalized spacial score (nSPS) is 17.3. The summed E-state index contributed by atoms with van der Waals surface area (Å²) in [7, 11) is 0. The molecule has 1 aliphatic heterocycles. The fourth-order valence-corrected chi connectivity index (χ4v) is 2.86. The second-order valence-electron chi connectivity index (χ2n) is 4.87. The quantitative estimate of drug-likeness (QED) is 0.741. The Hall–Kier alpha value is -0.0800. The molecule has 1 saturated heterocycles. The molecule has 1 aromatic rings. The molecule has 0 bridgehead atoms. The van der Waals surface area contributed by atoms with Gasteiger partial charge in [0.15, 0.2) is 0 Å². The van der Waals surface area contributed by atoms with E-state index in [1.807, 2.05) is 6.07 Å². The third-order valence-electron chi connectivity index (χ3n) is 3.43. The summed E-state index contributed by atoms with van der Waals surface area (Å²) in [4.78, 5) is 6.15. The first-order valence-corrected chi connectivity index (χ1v) is 7.38. The largest absolute Gasteiger partial charge is 0.389 e. The van der Waals surface area contributed by atoms with Crippen LogP contribution in [0, 0.1) is 0 Å². The maximum atomic E-state index is 12.5. The van der Waals surface area contributed by atoms with E-state index in [1.54, 1.807) is 12.3 Å². The van der Waals surface area contributed by atoms with Gasteiger partial charge in [0.1, 0.15) is 4.60 Å². The van der Waals surface area contributed by atoms with Gasteiger partial charge >= 0.3 is 6.18 Å². The lowest BCUT2D eigenvalue weighted by Gasteiger charge is -2.35. The van der Waals surface area contributed by atoms with Crippen LogP contribution in [0.15, 0.2) is 22.9 Å². The second kappa shape index (κ2) is 9.93. The first-order valence-electron chi connectivity index (χ1n) is 6.59. The van der Waals surface area contributed by atoms with Crippen LogP contribution >= 0.6 is 40.7 Å². The van der Waals surface area contributed by atoms with Crippen LogP contribution in [-0.4, -0.2) is 42.2 Å². The van der Waals surface area contributed by atoms with Crippen LogP contribution in [0.5, 0.6) is 0 Å². The number of alkyl halides is 3. The third-order valence-corrected chi connectivity index (χ3v) is 3.86. The predicted octanol–water partition coefficient (Wildman–Crippen LogP) is 3.98. The Kier molecular flexibility index (Phi) is 9.89. The first-order chi connectivity index (χ1) is 9.46. The Morgan fingerprint density at radius 1 is 1.27 bits per heavy atom. The van der Waals surface area contributed by atoms with E-state index >= 15 is 0 Å². The van der Waals surface area contributed by atoms with E-state index in [0.29, 0.717) is 4.60 Å². The molecule has 128 valence electrons. The summed E-state index contributed by atoms with van der Waals surface area (Å²) in [6, 6.07) is 3.40. The Morgan fingerprint density at radius 3 is 2.45 bits per heavy atom. The lowest BCUT2D eigenvalue weighted by atomic mass is 10.0. The van der Waals surface area contributed by atoms with Gasteiger partial charge in [-0.25, -0.2) is 4.98 Å². The molecule has 1 N–H and O–H groups in total. The molecule has 0 aliphatic carbocycles. The van der Waals surface area contributed by atoms with Crippen molar-refractivity contribution >= 4 is 40.7 Å². The standard InChI is InChI=1S/C13H17BrF3N3.2ClH/c14-12-9-10(2-4-19-12)11(1-3-13(15,16)17)20-7-5-18-6-8-20;;/h2,4,9,11,18H,1,3,5-8H2;2*1H/t11-;;/m1../s1. The predicted molar refractivity (Wildman–Crippen MR) is 88.9 cm³/mol. The van der Waals surface area contributed by atoms with Crippen LogP contribution in [0.1, 0.15) is 24.4 Å². The van der Waals surface area contributed by atoms with Crippen molar-refractivity contribution in [1.29, 1.82) is 0 Å². The molecule has 9 heteroatoms. The van der Waals surface area contributed by atoms with E-state index in [4.69, 9.17) is 0 Å². The van der Waals surface area contributed by atoms with E-state index in [1.165, 1.54) is 0 Å². The average Bonchev–Trinajstić information content (AvgIpc) is 2.39. The molecular formula is C13H19BrCl2F3N3.